The van der Waals surface area contributed by atoms with Crippen LogP contribution in [0.4, 0.5) is 5.69 Å². The standard InChI is InChI=1S/C26H30N2O6S/c1-5-17(2)22-10-6-7-11-24(22)28-25(29)19(4)34-26(30)23-15-21(13-12-18(23)3)35(31,32)27-16-20-9-8-14-33-20/h6-15,17,19,27H,5,16H2,1-4H3,(H,28,29). The zero-order valence-electron chi connectivity index (χ0n) is 20.2. The van der Waals surface area contributed by atoms with Gasteiger partial charge in [0.05, 0.1) is 23.3 Å². The molecule has 1 aromatic heterocycles. The van der Waals surface area contributed by atoms with Crippen LogP contribution in [0.15, 0.2) is 70.2 Å². The number of nitrogens with one attached hydrogen (secondary N) is 2. The smallest absolute Gasteiger partial charge is 0.339 e. The Balaban J connectivity index is 1.71. The number of furan rings is 1. The average Bonchev–Trinajstić information content (AvgIpc) is 3.36. The number of carbonyl (C=O) groups is 2. The number of ether oxygens (including phenoxy) is 1. The summed E-state index contributed by atoms with van der Waals surface area (Å²) in [7, 11) is -3.91. The van der Waals surface area contributed by atoms with E-state index in [1.165, 1.54) is 31.4 Å². The molecule has 2 aromatic carbocycles. The number of benzene rings is 2. The molecule has 1 amide bonds. The zero-order chi connectivity index (χ0) is 25.6. The van der Waals surface area contributed by atoms with E-state index in [2.05, 4.69) is 23.9 Å². The number of anilines is 1. The second-order valence-corrected chi connectivity index (χ2v) is 10.1. The first kappa shape index (κ1) is 26.2. The molecular weight excluding hydrogens is 468 g/mol. The van der Waals surface area contributed by atoms with Gasteiger partial charge < -0.3 is 14.5 Å². The van der Waals surface area contributed by atoms with Crippen molar-refractivity contribution in [1.29, 1.82) is 0 Å². The number of hydrogen-bond acceptors (Lipinski definition) is 6. The van der Waals surface area contributed by atoms with Gasteiger partial charge in [0, 0.05) is 5.69 Å². The summed E-state index contributed by atoms with van der Waals surface area (Å²) < 4.78 is 38.3. The van der Waals surface area contributed by atoms with E-state index in [0.717, 1.165) is 12.0 Å². The molecule has 9 heteroatoms. The molecule has 3 aromatic rings. The predicted octanol–water partition coefficient (Wildman–Crippen LogP) is 4.76. The molecule has 0 bridgehead atoms. The molecule has 0 aliphatic carbocycles. The van der Waals surface area contributed by atoms with Crippen LogP contribution < -0.4 is 10.0 Å². The second kappa shape index (κ2) is 11.3. The Bertz CT molecular complexity index is 1280. The fourth-order valence-electron chi connectivity index (χ4n) is 3.42. The Hall–Kier alpha value is -3.43. The number of rotatable bonds is 10. The van der Waals surface area contributed by atoms with Crippen LogP contribution in [0, 0.1) is 6.92 Å². The number of esters is 1. The number of hydrogen-bond donors (Lipinski definition) is 2. The first-order valence-electron chi connectivity index (χ1n) is 11.4. The van der Waals surface area contributed by atoms with Crippen LogP contribution in [0.2, 0.25) is 0 Å². The van der Waals surface area contributed by atoms with Gasteiger partial charge in [0.25, 0.3) is 5.91 Å². The summed E-state index contributed by atoms with van der Waals surface area (Å²) >= 11 is 0. The minimum atomic E-state index is -3.91. The molecule has 1 heterocycles. The molecule has 0 saturated carbocycles. The molecule has 8 nitrogen and oxygen atoms in total. The van der Waals surface area contributed by atoms with E-state index in [0.29, 0.717) is 17.0 Å². The van der Waals surface area contributed by atoms with Crippen molar-refractivity contribution < 1.29 is 27.2 Å². The third kappa shape index (κ3) is 6.58. The van der Waals surface area contributed by atoms with E-state index in [1.807, 2.05) is 24.3 Å². The van der Waals surface area contributed by atoms with Crippen molar-refractivity contribution in [3.8, 4) is 0 Å². The maximum atomic E-state index is 12.8. The van der Waals surface area contributed by atoms with Crippen molar-refractivity contribution in [3.63, 3.8) is 0 Å². The highest BCUT2D eigenvalue weighted by Gasteiger charge is 2.24. The third-order valence-electron chi connectivity index (χ3n) is 5.77. The van der Waals surface area contributed by atoms with Gasteiger partial charge in [0.2, 0.25) is 10.0 Å². The Labute approximate surface area is 205 Å². The molecule has 2 unspecified atom stereocenters. The summed E-state index contributed by atoms with van der Waals surface area (Å²) in [6, 6.07) is 15.0. The Morgan fingerprint density at radius 1 is 1.06 bits per heavy atom. The summed E-state index contributed by atoms with van der Waals surface area (Å²) in [5.74, 6) is -0.563. The molecule has 35 heavy (non-hydrogen) atoms. The summed E-state index contributed by atoms with van der Waals surface area (Å²) in [4.78, 5) is 25.5. The van der Waals surface area contributed by atoms with E-state index < -0.39 is 28.0 Å². The van der Waals surface area contributed by atoms with Crippen molar-refractivity contribution in [2.75, 3.05) is 5.32 Å². The summed E-state index contributed by atoms with van der Waals surface area (Å²) in [5.41, 5.74) is 2.25. The van der Waals surface area contributed by atoms with Crippen LogP contribution in [-0.4, -0.2) is 26.4 Å². The molecule has 186 valence electrons. The molecule has 2 atom stereocenters. The molecule has 2 N–H and O–H groups in total. The molecule has 0 saturated heterocycles. The molecule has 0 aliphatic heterocycles. The zero-order valence-corrected chi connectivity index (χ0v) is 21.0. The van der Waals surface area contributed by atoms with Gasteiger partial charge in [-0.25, -0.2) is 17.9 Å². The average molecular weight is 499 g/mol. The monoisotopic (exact) mass is 498 g/mol. The quantitative estimate of drug-likeness (QED) is 0.389. The van der Waals surface area contributed by atoms with Gasteiger partial charge >= 0.3 is 5.97 Å². The van der Waals surface area contributed by atoms with Crippen molar-refractivity contribution in [3.05, 3.63) is 83.3 Å². The maximum Gasteiger partial charge on any atom is 0.339 e. The number of aryl methyl sites for hydroxylation is 1. The van der Waals surface area contributed by atoms with Crippen LogP contribution in [0.5, 0.6) is 0 Å². The van der Waals surface area contributed by atoms with Crippen molar-refractivity contribution in [1.82, 2.24) is 4.72 Å². The highest BCUT2D eigenvalue weighted by Crippen LogP contribution is 2.27. The molecule has 0 radical (unpaired) electrons. The molecular formula is C26H30N2O6S. The van der Waals surface area contributed by atoms with E-state index >= 15 is 0 Å². The first-order chi connectivity index (χ1) is 16.6. The Morgan fingerprint density at radius 3 is 2.49 bits per heavy atom. The van der Waals surface area contributed by atoms with Crippen LogP contribution in [0.3, 0.4) is 0 Å². The summed E-state index contributed by atoms with van der Waals surface area (Å²) in [5, 5.41) is 2.83. The summed E-state index contributed by atoms with van der Waals surface area (Å²) in [6.07, 6.45) is 1.26. The Morgan fingerprint density at radius 2 is 1.80 bits per heavy atom. The van der Waals surface area contributed by atoms with Gasteiger partial charge in [-0.3, -0.25) is 4.79 Å². The first-order valence-corrected chi connectivity index (χ1v) is 12.8. The molecule has 0 aliphatic rings. The van der Waals surface area contributed by atoms with Crippen LogP contribution in [0.25, 0.3) is 0 Å². The molecule has 0 spiro atoms. The fourth-order valence-corrected chi connectivity index (χ4v) is 4.44. The maximum absolute atomic E-state index is 12.8. The minimum Gasteiger partial charge on any atom is -0.468 e. The second-order valence-electron chi connectivity index (χ2n) is 8.31. The van der Waals surface area contributed by atoms with Gasteiger partial charge in [-0.2, -0.15) is 0 Å². The molecule has 3 rings (SSSR count). The van der Waals surface area contributed by atoms with E-state index in [4.69, 9.17) is 9.15 Å². The van der Waals surface area contributed by atoms with Crippen molar-refractivity contribution >= 4 is 27.6 Å². The van der Waals surface area contributed by atoms with Crippen molar-refractivity contribution in [2.45, 2.75) is 57.6 Å². The van der Waals surface area contributed by atoms with Crippen LogP contribution >= 0.6 is 0 Å². The lowest BCUT2D eigenvalue weighted by atomic mass is 9.97. The highest BCUT2D eigenvalue weighted by molar-refractivity contribution is 7.89. The van der Waals surface area contributed by atoms with E-state index in [-0.39, 0.29) is 22.9 Å². The largest absolute Gasteiger partial charge is 0.468 e. The topological polar surface area (TPSA) is 115 Å². The van der Waals surface area contributed by atoms with Crippen LogP contribution in [0.1, 0.15) is 60.4 Å². The normalized spacial score (nSPS) is 13.1. The SMILES string of the molecule is CCC(C)c1ccccc1NC(=O)C(C)OC(=O)c1cc(S(=O)(=O)NCc2ccco2)ccc1C. The number of carbonyl (C=O) groups excluding carboxylic acids is 2. The summed E-state index contributed by atoms with van der Waals surface area (Å²) in [6.45, 7) is 7.24. The minimum absolute atomic E-state index is 0.0294. The van der Waals surface area contributed by atoms with E-state index in [1.54, 1.807) is 19.1 Å². The van der Waals surface area contributed by atoms with Gasteiger partial charge in [-0.15, -0.1) is 0 Å². The van der Waals surface area contributed by atoms with Gasteiger partial charge in [0.1, 0.15) is 5.76 Å². The molecule has 0 fully saturated rings. The Kier molecular flexibility index (Phi) is 8.48. The van der Waals surface area contributed by atoms with Crippen molar-refractivity contribution in [2.24, 2.45) is 0 Å². The lowest BCUT2D eigenvalue weighted by molar-refractivity contribution is -0.123. The predicted molar refractivity (Wildman–Crippen MR) is 133 cm³/mol. The fraction of sp³-hybridized carbons (Fsp3) is 0.308. The lowest BCUT2D eigenvalue weighted by Gasteiger charge is -2.18. The number of sulfonamides is 1. The van der Waals surface area contributed by atoms with Gasteiger partial charge in [0.15, 0.2) is 6.10 Å². The van der Waals surface area contributed by atoms with Gasteiger partial charge in [-0.05, 0) is 67.6 Å². The number of amides is 1. The third-order valence-corrected chi connectivity index (χ3v) is 7.17. The van der Waals surface area contributed by atoms with Gasteiger partial charge in [-0.1, -0.05) is 38.1 Å². The van der Waals surface area contributed by atoms with Crippen LogP contribution in [-0.2, 0) is 26.1 Å². The van der Waals surface area contributed by atoms with E-state index in [9.17, 15) is 18.0 Å². The highest BCUT2D eigenvalue weighted by atomic mass is 32.2. The number of para-hydroxylation sites is 1. The lowest BCUT2D eigenvalue weighted by Crippen LogP contribution is -2.30.